The molecular formula is C17H21N3O. The summed E-state index contributed by atoms with van der Waals surface area (Å²) in [5.41, 5.74) is 8.35. The smallest absolute Gasteiger partial charge is 0.326 e. The Labute approximate surface area is 125 Å². The Balaban J connectivity index is 2.14. The maximum absolute atomic E-state index is 12.5. The second-order valence-electron chi connectivity index (χ2n) is 4.93. The molecule has 0 aliphatic carbocycles. The number of nitrogens with one attached hydrogen (secondary N) is 1. The fourth-order valence-electron chi connectivity index (χ4n) is 2.12. The van der Waals surface area contributed by atoms with Gasteiger partial charge in [0.2, 0.25) is 0 Å². The molecule has 2 rings (SSSR count). The zero-order valence-corrected chi connectivity index (χ0v) is 12.3. The number of anilines is 2. The van der Waals surface area contributed by atoms with E-state index >= 15 is 0 Å². The summed E-state index contributed by atoms with van der Waals surface area (Å²) in [5, 5.41) is 2.94. The Hall–Kier alpha value is -2.33. The van der Waals surface area contributed by atoms with Crippen LogP contribution in [-0.2, 0) is 0 Å². The highest BCUT2D eigenvalue weighted by Crippen LogP contribution is 2.16. The summed E-state index contributed by atoms with van der Waals surface area (Å²) in [6.07, 6.45) is 0.760. The summed E-state index contributed by atoms with van der Waals surface area (Å²) >= 11 is 0. The third kappa shape index (κ3) is 4.33. The number of aryl methyl sites for hydroxylation is 1. The first-order chi connectivity index (χ1) is 10.2. The molecule has 0 fully saturated rings. The van der Waals surface area contributed by atoms with Gasteiger partial charge in [0, 0.05) is 17.9 Å². The Kier molecular flexibility index (Phi) is 5.35. The van der Waals surface area contributed by atoms with Gasteiger partial charge in [-0.1, -0.05) is 30.3 Å². The lowest BCUT2D eigenvalue weighted by Gasteiger charge is -2.23. The van der Waals surface area contributed by atoms with Gasteiger partial charge in [0.15, 0.2) is 0 Å². The first kappa shape index (κ1) is 15.1. The van der Waals surface area contributed by atoms with Crippen molar-refractivity contribution in [2.75, 3.05) is 23.3 Å². The van der Waals surface area contributed by atoms with E-state index in [0.29, 0.717) is 13.1 Å². The number of nitrogens with zero attached hydrogens (tertiary/aromatic N) is 1. The van der Waals surface area contributed by atoms with Crippen LogP contribution in [0.15, 0.2) is 54.6 Å². The van der Waals surface area contributed by atoms with Gasteiger partial charge in [0.05, 0.1) is 0 Å². The van der Waals surface area contributed by atoms with Crippen molar-refractivity contribution in [3.8, 4) is 0 Å². The predicted octanol–water partition coefficient (Wildman–Crippen LogP) is 3.38. The van der Waals surface area contributed by atoms with Gasteiger partial charge in [-0.15, -0.1) is 0 Å². The quantitative estimate of drug-likeness (QED) is 0.883. The van der Waals surface area contributed by atoms with Crippen LogP contribution in [0.4, 0.5) is 16.2 Å². The number of hydrogen-bond acceptors (Lipinski definition) is 2. The normalized spacial score (nSPS) is 10.2. The van der Waals surface area contributed by atoms with Crippen LogP contribution >= 0.6 is 0 Å². The second-order valence-corrected chi connectivity index (χ2v) is 4.93. The maximum atomic E-state index is 12.5. The van der Waals surface area contributed by atoms with E-state index in [1.165, 1.54) is 0 Å². The molecule has 2 amide bonds. The molecule has 110 valence electrons. The van der Waals surface area contributed by atoms with Gasteiger partial charge in [-0.2, -0.15) is 0 Å². The molecule has 0 saturated heterocycles. The molecule has 0 aliphatic heterocycles. The molecule has 0 bridgehead atoms. The average Bonchev–Trinajstić information content (AvgIpc) is 2.49. The first-order valence-electron chi connectivity index (χ1n) is 7.11. The topological polar surface area (TPSA) is 58.4 Å². The molecule has 0 aliphatic rings. The van der Waals surface area contributed by atoms with E-state index in [0.717, 1.165) is 23.4 Å². The summed E-state index contributed by atoms with van der Waals surface area (Å²) < 4.78 is 0. The fraction of sp³-hybridized carbons (Fsp3) is 0.235. The molecule has 0 heterocycles. The lowest BCUT2D eigenvalue weighted by Crippen LogP contribution is -2.36. The van der Waals surface area contributed by atoms with Gasteiger partial charge in [-0.25, -0.2) is 4.79 Å². The van der Waals surface area contributed by atoms with Crippen molar-refractivity contribution >= 4 is 17.4 Å². The highest BCUT2D eigenvalue weighted by atomic mass is 16.2. The zero-order chi connectivity index (χ0) is 15.1. The summed E-state index contributed by atoms with van der Waals surface area (Å²) in [6.45, 7) is 3.15. The van der Waals surface area contributed by atoms with Crippen molar-refractivity contribution in [1.29, 1.82) is 0 Å². The number of urea groups is 1. The van der Waals surface area contributed by atoms with Crippen molar-refractivity contribution in [3.05, 3.63) is 60.2 Å². The lowest BCUT2D eigenvalue weighted by molar-refractivity contribution is 0.257. The third-order valence-electron chi connectivity index (χ3n) is 3.17. The maximum Gasteiger partial charge on any atom is 0.326 e. The van der Waals surface area contributed by atoms with Gasteiger partial charge in [-0.05, 0) is 49.7 Å². The molecule has 0 spiro atoms. The molecule has 2 aromatic carbocycles. The van der Waals surface area contributed by atoms with Crippen LogP contribution in [0.1, 0.15) is 12.0 Å². The van der Waals surface area contributed by atoms with E-state index < -0.39 is 0 Å². The predicted molar refractivity (Wildman–Crippen MR) is 87.7 cm³/mol. The van der Waals surface area contributed by atoms with Gasteiger partial charge in [0.25, 0.3) is 0 Å². The number of carbonyl (C=O) groups excluding carboxylic acids is 1. The Morgan fingerprint density at radius 2 is 1.90 bits per heavy atom. The van der Waals surface area contributed by atoms with E-state index in [4.69, 9.17) is 5.73 Å². The SMILES string of the molecule is Cc1cccc(NC(=O)N(CCCN)c2ccccc2)c1. The molecule has 0 atom stereocenters. The molecule has 0 saturated carbocycles. The van der Waals surface area contributed by atoms with Crippen molar-refractivity contribution in [3.63, 3.8) is 0 Å². The molecule has 3 N–H and O–H groups in total. The highest BCUT2D eigenvalue weighted by Gasteiger charge is 2.15. The number of amides is 2. The van der Waals surface area contributed by atoms with Gasteiger partial charge in [-0.3, -0.25) is 4.90 Å². The Morgan fingerprint density at radius 3 is 2.57 bits per heavy atom. The molecular weight excluding hydrogens is 262 g/mol. The Morgan fingerprint density at radius 1 is 1.14 bits per heavy atom. The van der Waals surface area contributed by atoms with Gasteiger partial charge < -0.3 is 11.1 Å². The highest BCUT2D eigenvalue weighted by molar-refractivity contribution is 6.01. The van der Waals surface area contributed by atoms with Crippen LogP contribution in [-0.4, -0.2) is 19.1 Å². The number of para-hydroxylation sites is 1. The van der Waals surface area contributed by atoms with E-state index in [9.17, 15) is 4.79 Å². The summed E-state index contributed by atoms with van der Waals surface area (Å²) in [5.74, 6) is 0. The van der Waals surface area contributed by atoms with Crippen molar-refractivity contribution in [2.24, 2.45) is 5.73 Å². The van der Waals surface area contributed by atoms with E-state index in [1.807, 2.05) is 61.5 Å². The number of hydrogen-bond donors (Lipinski definition) is 2. The van der Waals surface area contributed by atoms with Crippen LogP contribution in [0.3, 0.4) is 0 Å². The summed E-state index contributed by atoms with van der Waals surface area (Å²) in [7, 11) is 0. The third-order valence-corrected chi connectivity index (χ3v) is 3.17. The minimum Gasteiger partial charge on any atom is -0.330 e. The van der Waals surface area contributed by atoms with Gasteiger partial charge >= 0.3 is 6.03 Å². The largest absolute Gasteiger partial charge is 0.330 e. The van der Waals surface area contributed by atoms with Gasteiger partial charge in [0.1, 0.15) is 0 Å². The van der Waals surface area contributed by atoms with E-state index in [1.54, 1.807) is 4.90 Å². The second kappa shape index (κ2) is 7.45. The number of nitrogens with two attached hydrogens (primary N) is 1. The van der Waals surface area contributed by atoms with Crippen LogP contribution in [0, 0.1) is 6.92 Å². The van der Waals surface area contributed by atoms with E-state index in [2.05, 4.69) is 5.32 Å². The summed E-state index contributed by atoms with van der Waals surface area (Å²) in [4.78, 5) is 14.2. The molecule has 0 aromatic heterocycles. The molecule has 4 heteroatoms. The molecule has 0 unspecified atom stereocenters. The zero-order valence-electron chi connectivity index (χ0n) is 12.3. The average molecular weight is 283 g/mol. The molecule has 21 heavy (non-hydrogen) atoms. The molecule has 2 aromatic rings. The number of benzene rings is 2. The van der Waals surface area contributed by atoms with Crippen molar-refractivity contribution < 1.29 is 4.79 Å². The monoisotopic (exact) mass is 283 g/mol. The lowest BCUT2D eigenvalue weighted by atomic mass is 10.2. The minimum absolute atomic E-state index is 0.139. The first-order valence-corrected chi connectivity index (χ1v) is 7.11. The fourth-order valence-corrected chi connectivity index (χ4v) is 2.12. The van der Waals surface area contributed by atoms with Crippen molar-refractivity contribution in [2.45, 2.75) is 13.3 Å². The standard InChI is InChI=1S/C17H21N3O/c1-14-7-5-8-15(13-14)19-17(21)20(12-6-11-18)16-9-3-2-4-10-16/h2-5,7-10,13H,6,11-12,18H2,1H3,(H,19,21). The Bertz CT molecular complexity index is 584. The van der Waals surface area contributed by atoms with Crippen LogP contribution in [0.2, 0.25) is 0 Å². The van der Waals surface area contributed by atoms with Crippen LogP contribution in [0.5, 0.6) is 0 Å². The van der Waals surface area contributed by atoms with Crippen molar-refractivity contribution in [1.82, 2.24) is 0 Å². The van der Waals surface area contributed by atoms with E-state index in [-0.39, 0.29) is 6.03 Å². The van der Waals surface area contributed by atoms with Crippen LogP contribution < -0.4 is 16.0 Å². The number of rotatable bonds is 5. The summed E-state index contributed by atoms with van der Waals surface area (Å²) in [6, 6.07) is 17.2. The number of carbonyl (C=O) groups is 1. The van der Waals surface area contributed by atoms with Crippen LogP contribution in [0.25, 0.3) is 0 Å². The minimum atomic E-state index is -0.139. The molecule has 0 radical (unpaired) electrons. The molecule has 4 nitrogen and oxygen atoms in total.